The first-order valence-electron chi connectivity index (χ1n) is 6.44. The molecule has 1 aromatic carbocycles. The molecule has 0 radical (unpaired) electrons. The van der Waals surface area contributed by atoms with Gasteiger partial charge >= 0.3 is 6.09 Å². The molecule has 0 spiro atoms. The zero-order chi connectivity index (χ0) is 15.2. The number of likely N-dealkylation sites (N-methyl/N-ethyl adjacent to an activating group) is 1. The molecule has 1 aromatic rings. The Kier molecular flexibility index (Phi) is 5.55. The van der Waals surface area contributed by atoms with Gasteiger partial charge in [-0.25, -0.2) is 4.79 Å². The highest BCUT2D eigenvalue weighted by Crippen LogP contribution is 2.12. The molecule has 110 valence electrons. The highest BCUT2D eigenvalue weighted by atomic mass is 16.6. The van der Waals surface area contributed by atoms with E-state index in [0.29, 0.717) is 24.5 Å². The Morgan fingerprint density at radius 2 is 2.05 bits per heavy atom. The molecule has 0 aliphatic heterocycles. The first-order valence-corrected chi connectivity index (χ1v) is 6.44. The lowest BCUT2D eigenvalue weighted by molar-refractivity contribution is 0.0278. The van der Waals surface area contributed by atoms with Crippen molar-refractivity contribution in [3.63, 3.8) is 0 Å². The summed E-state index contributed by atoms with van der Waals surface area (Å²) in [6, 6.07) is 6.87. The maximum absolute atomic E-state index is 11.7. The van der Waals surface area contributed by atoms with E-state index in [9.17, 15) is 9.59 Å². The van der Waals surface area contributed by atoms with Crippen molar-refractivity contribution >= 4 is 12.4 Å². The topological polar surface area (TPSA) is 55.8 Å². The van der Waals surface area contributed by atoms with Crippen LogP contribution in [0.4, 0.5) is 4.79 Å². The van der Waals surface area contributed by atoms with Crippen molar-refractivity contribution in [2.75, 3.05) is 20.2 Å². The van der Waals surface area contributed by atoms with Crippen LogP contribution in [0.25, 0.3) is 0 Å². The molecular formula is C15H21NO4. The van der Waals surface area contributed by atoms with Crippen LogP contribution in [-0.4, -0.2) is 43.1 Å². The normalized spacial score (nSPS) is 10.8. The van der Waals surface area contributed by atoms with E-state index in [1.165, 1.54) is 4.90 Å². The number of ether oxygens (including phenoxy) is 2. The number of rotatable bonds is 5. The summed E-state index contributed by atoms with van der Waals surface area (Å²) in [4.78, 5) is 23.8. The fourth-order valence-corrected chi connectivity index (χ4v) is 1.41. The van der Waals surface area contributed by atoms with Gasteiger partial charge in [0.1, 0.15) is 24.2 Å². The van der Waals surface area contributed by atoms with E-state index in [-0.39, 0.29) is 6.09 Å². The van der Waals surface area contributed by atoms with Crippen molar-refractivity contribution in [3.05, 3.63) is 29.8 Å². The third kappa shape index (κ3) is 5.73. The second-order valence-electron chi connectivity index (χ2n) is 5.44. The van der Waals surface area contributed by atoms with Crippen LogP contribution in [0.5, 0.6) is 5.75 Å². The zero-order valence-electron chi connectivity index (χ0n) is 12.4. The predicted molar refractivity (Wildman–Crippen MR) is 76.2 cm³/mol. The first-order chi connectivity index (χ1) is 9.31. The molecule has 5 nitrogen and oxygen atoms in total. The number of amides is 1. The lowest BCUT2D eigenvalue weighted by atomic mass is 10.2. The van der Waals surface area contributed by atoms with E-state index in [2.05, 4.69) is 0 Å². The minimum atomic E-state index is -0.509. The molecule has 1 amide bonds. The second kappa shape index (κ2) is 6.93. The molecule has 0 unspecified atom stereocenters. The Morgan fingerprint density at radius 1 is 1.35 bits per heavy atom. The standard InChI is InChI=1S/C15H21NO4/c1-15(2,3)20-14(18)16(4)8-9-19-13-7-5-6-12(10-13)11-17/h5-7,10-11H,8-9H2,1-4H3. The van der Waals surface area contributed by atoms with Gasteiger partial charge in [0.05, 0.1) is 6.54 Å². The number of aldehydes is 1. The van der Waals surface area contributed by atoms with Gasteiger partial charge in [0, 0.05) is 12.6 Å². The molecular weight excluding hydrogens is 258 g/mol. The Morgan fingerprint density at radius 3 is 2.65 bits per heavy atom. The Hall–Kier alpha value is -2.04. The molecule has 0 aliphatic rings. The summed E-state index contributed by atoms with van der Waals surface area (Å²) in [7, 11) is 1.65. The predicted octanol–water partition coefficient (Wildman–Crippen LogP) is 2.74. The Labute approximate surface area is 119 Å². The molecule has 0 aliphatic carbocycles. The maximum Gasteiger partial charge on any atom is 0.410 e. The van der Waals surface area contributed by atoms with Crippen LogP contribution in [0.15, 0.2) is 24.3 Å². The van der Waals surface area contributed by atoms with E-state index in [0.717, 1.165) is 6.29 Å². The monoisotopic (exact) mass is 279 g/mol. The molecule has 0 N–H and O–H groups in total. The van der Waals surface area contributed by atoms with Gasteiger partial charge < -0.3 is 14.4 Å². The van der Waals surface area contributed by atoms with Crippen LogP contribution in [0.1, 0.15) is 31.1 Å². The number of carbonyl (C=O) groups is 2. The van der Waals surface area contributed by atoms with Crippen molar-refractivity contribution in [2.45, 2.75) is 26.4 Å². The molecule has 5 heteroatoms. The van der Waals surface area contributed by atoms with Gasteiger partial charge in [-0.3, -0.25) is 4.79 Å². The largest absolute Gasteiger partial charge is 0.492 e. The second-order valence-corrected chi connectivity index (χ2v) is 5.44. The Balaban J connectivity index is 2.39. The van der Waals surface area contributed by atoms with Crippen LogP contribution in [-0.2, 0) is 4.74 Å². The van der Waals surface area contributed by atoms with Gasteiger partial charge in [0.15, 0.2) is 0 Å². The molecule has 0 aromatic heterocycles. The van der Waals surface area contributed by atoms with Crippen LogP contribution in [0.3, 0.4) is 0 Å². The Bertz CT molecular complexity index is 465. The number of nitrogens with zero attached hydrogens (tertiary/aromatic N) is 1. The molecule has 0 fully saturated rings. The highest BCUT2D eigenvalue weighted by molar-refractivity contribution is 5.75. The summed E-state index contributed by atoms with van der Waals surface area (Å²) < 4.78 is 10.7. The van der Waals surface area contributed by atoms with E-state index in [1.807, 2.05) is 20.8 Å². The van der Waals surface area contributed by atoms with E-state index >= 15 is 0 Å². The van der Waals surface area contributed by atoms with E-state index in [1.54, 1.807) is 31.3 Å². The molecule has 20 heavy (non-hydrogen) atoms. The smallest absolute Gasteiger partial charge is 0.410 e. The van der Waals surface area contributed by atoms with Crippen LogP contribution in [0, 0.1) is 0 Å². The summed E-state index contributed by atoms with van der Waals surface area (Å²) in [5.41, 5.74) is 0.0489. The summed E-state index contributed by atoms with van der Waals surface area (Å²) in [5.74, 6) is 0.604. The zero-order valence-corrected chi connectivity index (χ0v) is 12.4. The number of benzene rings is 1. The van der Waals surface area contributed by atoms with Crippen molar-refractivity contribution in [2.24, 2.45) is 0 Å². The average molecular weight is 279 g/mol. The number of hydrogen-bond acceptors (Lipinski definition) is 4. The van der Waals surface area contributed by atoms with Gasteiger partial charge in [-0.2, -0.15) is 0 Å². The SMILES string of the molecule is CN(CCOc1cccc(C=O)c1)C(=O)OC(C)(C)C. The van der Waals surface area contributed by atoms with Crippen LogP contribution < -0.4 is 4.74 Å². The van der Waals surface area contributed by atoms with E-state index < -0.39 is 5.60 Å². The van der Waals surface area contributed by atoms with Crippen LogP contribution >= 0.6 is 0 Å². The van der Waals surface area contributed by atoms with Crippen molar-refractivity contribution in [1.29, 1.82) is 0 Å². The molecule has 1 rings (SSSR count). The molecule has 0 atom stereocenters. The van der Waals surface area contributed by atoms with Gasteiger partial charge in [-0.05, 0) is 32.9 Å². The summed E-state index contributed by atoms with van der Waals surface area (Å²) >= 11 is 0. The summed E-state index contributed by atoms with van der Waals surface area (Å²) in [6.07, 6.45) is 0.377. The third-order valence-corrected chi connectivity index (χ3v) is 2.39. The van der Waals surface area contributed by atoms with E-state index in [4.69, 9.17) is 9.47 Å². The third-order valence-electron chi connectivity index (χ3n) is 2.39. The van der Waals surface area contributed by atoms with Gasteiger partial charge in [0.25, 0.3) is 0 Å². The number of hydrogen-bond donors (Lipinski definition) is 0. The molecule has 0 heterocycles. The van der Waals surface area contributed by atoms with Gasteiger partial charge in [-0.15, -0.1) is 0 Å². The molecule has 0 saturated heterocycles. The fourth-order valence-electron chi connectivity index (χ4n) is 1.41. The van der Waals surface area contributed by atoms with Crippen molar-refractivity contribution < 1.29 is 19.1 Å². The fraction of sp³-hybridized carbons (Fsp3) is 0.467. The van der Waals surface area contributed by atoms with Gasteiger partial charge in [0.2, 0.25) is 0 Å². The quantitative estimate of drug-likeness (QED) is 0.778. The highest BCUT2D eigenvalue weighted by Gasteiger charge is 2.19. The minimum Gasteiger partial charge on any atom is -0.492 e. The average Bonchev–Trinajstić information content (AvgIpc) is 2.37. The lowest BCUT2D eigenvalue weighted by Gasteiger charge is -2.24. The number of carbonyl (C=O) groups excluding carboxylic acids is 2. The van der Waals surface area contributed by atoms with Crippen LogP contribution in [0.2, 0.25) is 0 Å². The first kappa shape index (κ1) is 16.0. The van der Waals surface area contributed by atoms with Crippen molar-refractivity contribution in [1.82, 2.24) is 4.90 Å². The molecule has 0 bridgehead atoms. The maximum atomic E-state index is 11.7. The van der Waals surface area contributed by atoms with Gasteiger partial charge in [-0.1, -0.05) is 12.1 Å². The van der Waals surface area contributed by atoms with Crippen molar-refractivity contribution in [3.8, 4) is 5.75 Å². The summed E-state index contributed by atoms with van der Waals surface area (Å²) in [6.45, 7) is 6.19. The summed E-state index contributed by atoms with van der Waals surface area (Å²) in [5, 5.41) is 0. The minimum absolute atomic E-state index is 0.331. The molecule has 0 saturated carbocycles. The lowest BCUT2D eigenvalue weighted by Crippen LogP contribution is -2.36.